The number of hydrogen-bond acceptors (Lipinski definition) is 5. The Hall–Kier alpha value is -1.39. The monoisotopic (exact) mass is 547 g/mol. The highest BCUT2D eigenvalue weighted by Gasteiger charge is 2.33. The summed E-state index contributed by atoms with van der Waals surface area (Å²) < 4.78 is 33.2. The second-order valence-corrected chi connectivity index (χ2v) is 12.4. The number of halogens is 2. The molecule has 2 fully saturated rings. The minimum absolute atomic E-state index is 0.0200. The van der Waals surface area contributed by atoms with Gasteiger partial charge in [-0.2, -0.15) is 4.31 Å². The van der Waals surface area contributed by atoms with Crippen LogP contribution in [-0.2, 0) is 24.3 Å². The Morgan fingerprint density at radius 2 is 1.91 bits per heavy atom. The van der Waals surface area contributed by atoms with Gasteiger partial charge in [-0.25, -0.2) is 8.42 Å². The molecule has 1 heterocycles. The molecule has 0 bridgehead atoms. The maximum atomic E-state index is 13.1. The van der Waals surface area contributed by atoms with Crippen molar-refractivity contribution in [2.75, 3.05) is 26.2 Å². The molecule has 1 aliphatic heterocycles. The summed E-state index contributed by atoms with van der Waals surface area (Å²) in [4.78, 5) is 25.3. The van der Waals surface area contributed by atoms with Gasteiger partial charge in [-0.1, -0.05) is 62.7 Å². The van der Waals surface area contributed by atoms with Gasteiger partial charge in [0.2, 0.25) is 21.8 Å². The highest BCUT2D eigenvalue weighted by atomic mass is 35.5. The molecular weight excluding hydrogens is 513 g/mol. The summed E-state index contributed by atoms with van der Waals surface area (Å²) in [7, 11) is -3.85. The summed E-state index contributed by atoms with van der Waals surface area (Å²) >= 11 is 12.0. The van der Waals surface area contributed by atoms with Crippen molar-refractivity contribution >= 4 is 45.0 Å². The quantitative estimate of drug-likeness (QED) is 0.465. The SMILES string of the molecule is CC(C)[C@H](NC(=O)CCC1CCCC1)C(=O)NCC1CN(S(=O)(=O)c2ccc(Cl)cc2Cl)CCO1. The Morgan fingerprint density at radius 3 is 2.57 bits per heavy atom. The van der Waals surface area contributed by atoms with E-state index in [4.69, 9.17) is 27.9 Å². The van der Waals surface area contributed by atoms with Gasteiger partial charge in [0.05, 0.1) is 17.7 Å². The Kier molecular flexibility index (Phi) is 10.2. The first kappa shape index (κ1) is 28.2. The Bertz CT molecular complexity index is 999. The highest BCUT2D eigenvalue weighted by molar-refractivity contribution is 7.89. The fourth-order valence-electron chi connectivity index (χ4n) is 4.60. The average Bonchev–Trinajstić information content (AvgIpc) is 3.33. The third-order valence-electron chi connectivity index (χ3n) is 6.64. The van der Waals surface area contributed by atoms with E-state index in [0.29, 0.717) is 17.4 Å². The molecule has 2 amide bonds. The normalized spacial score (nSPS) is 20.7. The number of nitrogens with zero attached hydrogens (tertiary/aromatic N) is 1. The minimum Gasteiger partial charge on any atom is -0.374 e. The van der Waals surface area contributed by atoms with Crippen LogP contribution in [0.1, 0.15) is 52.4 Å². The molecule has 8 nitrogen and oxygen atoms in total. The number of benzene rings is 1. The fraction of sp³-hybridized carbons (Fsp3) is 0.667. The number of nitrogens with one attached hydrogen (secondary N) is 2. The number of ether oxygens (including phenoxy) is 1. The van der Waals surface area contributed by atoms with Gasteiger partial charge in [0.15, 0.2) is 0 Å². The van der Waals surface area contributed by atoms with Gasteiger partial charge in [0.1, 0.15) is 10.9 Å². The molecule has 2 aliphatic rings. The minimum atomic E-state index is -3.85. The van der Waals surface area contributed by atoms with Crippen molar-refractivity contribution < 1.29 is 22.7 Å². The van der Waals surface area contributed by atoms with Gasteiger partial charge in [-0.15, -0.1) is 0 Å². The lowest BCUT2D eigenvalue weighted by Crippen LogP contribution is -2.54. The molecule has 1 aromatic carbocycles. The number of hydrogen-bond donors (Lipinski definition) is 2. The van der Waals surface area contributed by atoms with Crippen molar-refractivity contribution in [3.63, 3.8) is 0 Å². The molecule has 11 heteroatoms. The first-order chi connectivity index (χ1) is 16.6. The Balaban J connectivity index is 1.53. The van der Waals surface area contributed by atoms with Gasteiger partial charge >= 0.3 is 0 Å². The molecule has 3 rings (SSSR count). The van der Waals surface area contributed by atoms with Crippen LogP contribution >= 0.6 is 23.2 Å². The maximum absolute atomic E-state index is 13.1. The first-order valence-electron chi connectivity index (χ1n) is 12.2. The maximum Gasteiger partial charge on any atom is 0.244 e. The van der Waals surface area contributed by atoms with Crippen LogP contribution in [0, 0.1) is 11.8 Å². The van der Waals surface area contributed by atoms with E-state index in [1.165, 1.54) is 48.2 Å². The van der Waals surface area contributed by atoms with Crippen LogP contribution in [0.15, 0.2) is 23.1 Å². The molecule has 1 aromatic rings. The zero-order chi connectivity index (χ0) is 25.6. The second-order valence-electron chi connectivity index (χ2n) is 9.65. The number of sulfonamides is 1. The molecule has 35 heavy (non-hydrogen) atoms. The Labute approximate surface area is 218 Å². The topological polar surface area (TPSA) is 105 Å². The van der Waals surface area contributed by atoms with E-state index in [2.05, 4.69) is 10.6 Å². The summed E-state index contributed by atoms with van der Waals surface area (Å²) in [5, 5.41) is 6.10. The van der Waals surface area contributed by atoms with E-state index in [-0.39, 0.29) is 53.9 Å². The predicted molar refractivity (Wildman–Crippen MR) is 136 cm³/mol. The average molecular weight is 549 g/mol. The summed E-state index contributed by atoms with van der Waals surface area (Å²) in [6, 6.07) is 3.59. The second kappa shape index (κ2) is 12.7. The molecular formula is C24H35Cl2N3O5S. The molecule has 0 spiro atoms. The van der Waals surface area contributed by atoms with E-state index in [9.17, 15) is 18.0 Å². The largest absolute Gasteiger partial charge is 0.374 e. The van der Waals surface area contributed by atoms with E-state index >= 15 is 0 Å². The molecule has 2 atom stereocenters. The molecule has 1 saturated carbocycles. The van der Waals surface area contributed by atoms with E-state index in [1.54, 1.807) is 0 Å². The van der Waals surface area contributed by atoms with Crippen molar-refractivity contribution in [2.24, 2.45) is 11.8 Å². The lowest BCUT2D eigenvalue weighted by atomic mass is 10.00. The lowest BCUT2D eigenvalue weighted by Gasteiger charge is -2.33. The fourth-order valence-corrected chi connectivity index (χ4v) is 6.80. The zero-order valence-electron chi connectivity index (χ0n) is 20.3. The lowest BCUT2D eigenvalue weighted by molar-refractivity contribution is -0.130. The van der Waals surface area contributed by atoms with Gasteiger partial charge in [0, 0.05) is 31.1 Å². The van der Waals surface area contributed by atoms with E-state index in [1.807, 2.05) is 13.8 Å². The van der Waals surface area contributed by atoms with Crippen molar-refractivity contribution in [3.8, 4) is 0 Å². The van der Waals surface area contributed by atoms with Gasteiger partial charge < -0.3 is 15.4 Å². The Morgan fingerprint density at radius 1 is 1.20 bits per heavy atom. The van der Waals surface area contributed by atoms with E-state index < -0.39 is 22.2 Å². The summed E-state index contributed by atoms with van der Waals surface area (Å²) in [5.41, 5.74) is 0. The van der Waals surface area contributed by atoms with Crippen LogP contribution in [0.3, 0.4) is 0 Å². The van der Waals surface area contributed by atoms with Crippen LogP contribution in [0.5, 0.6) is 0 Å². The summed E-state index contributed by atoms with van der Waals surface area (Å²) in [6.07, 6.45) is 5.58. The van der Waals surface area contributed by atoms with Gasteiger partial charge in [0.25, 0.3) is 0 Å². The number of amides is 2. The molecule has 1 unspecified atom stereocenters. The standard InChI is InChI=1S/C24H35Cl2N3O5S/c1-16(2)23(28-22(30)10-7-17-5-3-4-6-17)24(31)27-14-19-15-29(11-12-34-19)35(32,33)21-9-8-18(25)13-20(21)26/h8-9,13,16-17,19,23H,3-7,10-12,14-15H2,1-2H3,(H,27,31)(H,28,30)/t19?,23-/m0/s1. The summed E-state index contributed by atoms with van der Waals surface area (Å²) in [6.45, 7) is 4.32. The highest BCUT2D eigenvalue weighted by Crippen LogP contribution is 2.29. The molecule has 196 valence electrons. The molecule has 1 aliphatic carbocycles. The van der Waals surface area contributed by atoms with Gasteiger partial charge in [-0.3, -0.25) is 9.59 Å². The smallest absolute Gasteiger partial charge is 0.244 e. The summed E-state index contributed by atoms with van der Waals surface area (Å²) in [5.74, 6) is 0.0921. The van der Waals surface area contributed by atoms with Crippen molar-refractivity contribution in [1.29, 1.82) is 0 Å². The number of carbonyl (C=O) groups is 2. The van der Waals surface area contributed by atoms with Crippen molar-refractivity contribution in [3.05, 3.63) is 28.2 Å². The molecule has 0 radical (unpaired) electrons. The van der Waals surface area contributed by atoms with Crippen LogP contribution in [0.4, 0.5) is 0 Å². The number of carbonyl (C=O) groups excluding carboxylic acids is 2. The molecule has 1 saturated heterocycles. The van der Waals surface area contributed by atoms with Crippen LogP contribution in [0.2, 0.25) is 10.0 Å². The molecule has 2 N–H and O–H groups in total. The van der Waals surface area contributed by atoms with Crippen LogP contribution in [0.25, 0.3) is 0 Å². The third-order valence-corrected chi connectivity index (χ3v) is 9.22. The van der Waals surface area contributed by atoms with Gasteiger partial charge in [-0.05, 0) is 36.5 Å². The zero-order valence-corrected chi connectivity index (χ0v) is 22.6. The third kappa shape index (κ3) is 7.79. The molecule has 0 aromatic heterocycles. The van der Waals surface area contributed by atoms with E-state index in [0.717, 1.165) is 6.42 Å². The predicted octanol–water partition coefficient (Wildman–Crippen LogP) is 3.61. The van der Waals surface area contributed by atoms with Crippen LogP contribution < -0.4 is 10.6 Å². The van der Waals surface area contributed by atoms with Crippen molar-refractivity contribution in [2.45, 2.75) is 69.4 Å². The first-order valence-corrected chi connectivity index (χ1v) is 14.4. The van der Waals surface area contributed by atoms with Crippen molar-refractivity contribution in [1.82, 2.24) is 14.9 Å². The number of morpholine rings is 1. The number of rotatable bonds is 10. The van der Waals surface area contributed by atoms with Crippen LogP contribution in [-0.4, -0.2) is 62.9 Å².